The van der Waals surface area contributed by atoms with Crippen LogP contribution in [0.1, 0.15) is 16.8 Å². The van der Waals surface area contributed by atoms with Crippen LogP contribution in [-0.2, 0) is 9.05 Å². The van der Waals surface area contributed by atoms with E-state index in [1.165, 1.54) is 0 Å². The lowest BCUT2D eigenvalue weighted by molar-refractivity contribution is 0.608. The predicted molar refractivity (Wildman–Crippen MR) is 56.5 cm³/mol. The number of hydrogen-bond donors (Lipinski definition) is 0. The van der Waals surface area contributed by atoms with Crippen molar-refractivity contribution in [2.75, 3.05) is 0 Å². The zero-order valence-electron chi connectivity index (χ0n) is 7.93. The Hall–Kier alpha value is -0.320. The summed E-state index contributed by atoms with van der Waals surface area (Å²) in [6.07, 6.45) is 0. The third-order valence-electron chi connectivity index (χ3n) is 2.14. The fourth-order valence-corrected chi connectivity index (χ4v) is 3.19. The van der Waals surface area contributed by atoms with Crippen molar-refractivity contribution in [2.24, 2.45) is 0 Å². The first-order chi connectivity index (χ1) is 6.25. The minimum Gasteiger partial charge on any atom is -0.240 e. The van der Waals surface area contributed by atoms with Gasteiger partial charge in [0, 0.05) is 16.4 Å². The fraction of sp³-hybridized carbons (Fsp3) is 0.375. The maximum atomic E-state index is 11.2. The molecule has 0 saturated carbocycles. The molecule has 0 atom stereocenters. The largest absolute Gasteiger partial charge is 0.264 e. The van der Waals surface area contributed by atoms with Crippen LogP contribution in [0.15, 0.2) is 4.90 Å². The lowest BCUT2D eigenvalue weighted by Crippen LogP contribution is -2.02. The summed E-state index contributed by atoms with van der Waals surface area (Å²) in [6.45, 7) is 5.20. The molecule has 1 heterocycles. The molecule has 6 heteroatoms. The van der Waals surface area contributed by atoms with Gasteiger partial charge in [-0.1, -0.05) is 11.6 Å². The van der Waals surface area contributed by atoms with Crippen LogP contribution in [0.25, 0.3) is 0 Å². The number of nitrogens with zero attached hydrogens (tertiary/aromatic N) is 1. The summed E-state index contributed by atoms with van der Waals surface area (Å²) < 4.78 is 22.4. The van der Waals surface area contributed by atoms with E-state index in [9.17, 15) is 8.42 Å². The van der Waals surface area contributed by atoms with Crippen molar-refractivity contribution < 1.29 is 8.42 Å². The molecule has 0 amide bonds. The van der Waals surface area contributed by atoms with Gasteiger partial charge in [0.2, 0.25) is 0 Å². The Bertz CT molecular complexity index is 483. The Morgan fingerprint density at radius 3 is 2.07 bits per heavy atom. The first-order valence-corrected chi connectivity index (χ1v) is 6.52. The van der Waals surface area contributed by atoms with E-state index in [4.69, 9.17) is 22.3 Å². The van der Waals surface area contributed by atoms with Crippen LogP contribution in [0.5, 0.6) is 0 Å². The lowest BCUT2D eigenvalue weighted by Gasteiger charge is -2.09. The molecule has 1 aromatic rings. The second kappa shape index (κ2) is 3.68. The van der Waals surface area contributed by atoms with E-state index in [0.717, 1.165) is 5.56 Å². The van der Waals surface area contributed by atoms with Crippen molar-refractivity contribution in [3.8, 4) is 0 Å². The monoisotopic (exact) mass is 253 g/mol. The van der Waals surface area contributed by atoms with Gasteiger partial charge in [-0.05, 0) is 31.9 Å². The van der Waals surface area contributed by atoms with Gasteiger partial charge in [-0.2, -0.15) is 0 Å². The molecular formula is C8H9Cl2NO2S. The Balaban J connectivity index is 3.70. The minimum atomic E-state index is -3.83. The molecule has 0 aliphatic carbocycles. The summed E-state index contributed by atoms with van der Waals surface area (Å²) in [5.74, 6) is 0. The molecule has 14 heavy (non-hydrogen) atoms. The SMILES string of the molecule is Cc1nc(Cl)c(S(=O)(=O)Cl)c(C)c1C. The van der Waals surface area contributed by atoms with E-state index in [0.29, 0.717) is 11.3 Å². The standard InChI is InChI=1S/C8H9Cl2NO2S/c1-4-5(2)7(14(10,12)13)8(9)11-6(4)3/h1-3H3. The third-order valence-corrected chi connectivity index (χ3v) is 3.98. The topological polar surface area (TPSA) is 47.0 Å². The lowest BCUT2D eigenvalue weighted by atomic mass is 10.1. The molecule has 0 N–H and O–H groups in total. The zero-order valence-corrected chi connectivity index (χ0v) is 10.3. The maximum absolute atomic E-state index is 11.2. The fourth-order valence-electron chi connectivity index (χ4n) is 1.16. The number of pyridine rings is 1. The van der Waals surface area contributed by atoms with Gasteiger partial charge in [0.25, 0.3) is 9.05 Å². The predicted octanol–water partition coefficient (Wildman–Crippen LogP) is 2.59. The third kappa shape index (κ3) is 2.02. The molecule has 0 spiro atoms. The number of aryl methyl sites for hydroxylation is 1. The summed E-state index contributed by atoms with van der Waals surface area (Å²) in [5.41, 5.74) is 2.04. The Morgan fingerprint density at radius 1 is 1.14 bits per heavy atom. The molecule has 0 aliphatic heterocycles. The number of aromatic nitrogens is 1. The number of halogens is 2. The Labute approximate surface area is 92.5 Å². The zero-order chi connectivity index (χ0) is 11.1. The van der Waals surface area contributed by atoms with Crippen molar-refractivity contribution in [3.05, 3.63) is 22.0 Å². The second-order valence-electron chi connectivity index (χ2n) is 3.00. The van der Waals surface area contributed by atoms with Gasteiger partial charge in [-0.3, -0.25) is 0 Å². The quantitative estimate of drug-likeness (QED) is 0.571. The Morgan fingerprint density at radius 2 is 1.64 bits per heavy atom. The van der Waals surface area contributed by atoms with E-state index in [1.807, 2.05) is 0 Å². The van der Waals surface area contributed by atoms with Gasteiger partial charge in [0.05, 0.1) is 0 Å². The van der Waals surface area contributed by atoms with Crippen LogP contribution < -0.4 is 0 Å². The first kappa shape index (κ1) is 11.8. The molecule has 1 rings (SSSR count). The highest BCUT2D eigenvalue weighted by atomic mass is 35.7. The van der Waals surface area contributed by atoms with E-state index in [1.54, 1.807) is 20.8 Å². The second-order valence-corrected chi connectivity index (χ2v) is 5.87. The van der Waals surface area contributed by atoms with Gasteiger partial charge >= 0.3 is 0 Å². The van der Waals surface area contributed by atoms with Crippen molar-refractivity contribution >= 4 is 31.3 Å². The van der Waals surface area contributed by atoms with Crippen LogP contribution in [0.4, 0.5) is 0 Å². The van der Waals surface area contributed by atoms with Crippen LogP contribution in [0, 0.1) is 20.8 Å². The Kier molecular flexibility index (Phi) is 3.09. The minimum absolute atomic E-state index is 0.0689. The van der Waals surface area contributed by atoms with Crippen LogP contribution in [-0.4, -0.2) is 13.4 Å². The molecule has 0 radical (unpaired) electrons. The molecule has 0 fully saturated rings. The van der Waals surface area contributed by atoms with Gasteiger partial charge in [-0.15, -0.1) is 0 Å². The van der Waals surface area contributed by atoms with E-state index >= 15 is 0 Å². The van der Waals surface area contributed by atoms with Crippen LogP contribution in [0.3, 0.4) is 0 Å². The molecule has 0 bridgehead atoms. The van der Waals surface area contributed by atoms with Gasteiger partial charge in [-0.25, -0.2) is 13.4 Å². The normalized spacial score (nSPS) is 11.8. The summed E-state index contributed by atoms with van der Waals surface area (Å²) >= 11 is 5.72. The molecule has 0 aromatic carbocycles. The first-order valence-electron chi connectivity index (χ1n) is 3.83. The highest BCUT2D eigenvalue weighted by Crippen LogP contribution is 2.29. The highest BCUT2D eigenvalue weighted by molar-refractivity contribution is 8.13. The number of rotatable bonds is 1. The maximum Gasteiger partial charge on any atom is 0.264 e. The average molecular weight is 254 g/mol. The summed E-state index contributed by atoms with van der Waals surface area (Å²) in [4.78, 5) is 3.81. The molecule has 3 nitrogen and oxygen atoms in total. The highest BCUT2D eigenvalue weighted by Gasteiger charge is 2.21. The van der Waals surface area contributed by atoms with Crippen molar-refractivity contribution in [1.29, 1.82) is 0 Å². The van der Waals surface area contributed by atoms with Crippen molar-refractivity contribution in [1.82, 2.24) is 4.98 Å². The molecule has 0 saturated heterocycles. The van der Waals surface area contributed by atoms with Gasteiger partial charge in [0.1, 0.15) is 10.0 Å². The summed E-state index contributed by atoms with van der Waals surface area (Å²) in [5, 5.41) is -0.0689. The summed E-state index contributed by atoms with van der Waals surface area (Å²) in [7, 11) is 1.42. The van der Waals surface area contributed by atoms with Gasteiger partial charge < -0.3 is 0 Å². The van der Waals surface area contributed by atoms with E-state index < -0.39 is 9.05 Å². The number of hydrogen-bond acceptors (Lipinski definition) is 3. The molecular weight excluding hydrogens is 245 g/mol. The molecule has 0 aliphatic rings. The van der Waals surface area contributed by atoms with Gasteiger partial charge in [0.15, 0.2) is 0 Å². The average Bonchev–Trinajstić information content (AvgIpc) is 1.97. The molecule has 0 unspecified atom stereocenters. The van der Waals surface area contributed by atoms with Crippen LogP contribution >= 0.6 is 22.3 Å². The molecule has 1 aromatic heterocycles. The molecule has 78 valence electrons. The smallest absolute Gasteiger partial charge is 0.240 e. The van der Waals surface area contributed by atoms with Crippen molar-refractivity contribution in [3.63, 3.8) is 0 Å². The van der Waals surface area contributed by atoms with Crippen LogP contribution in [0.2, 0.25) is 5.15 Å². The van der Waals surface area contributed by atoms with E-state index in [2.05, 4.69) is 4.98 Å². The van der Waals surface area contributed by atoms with Crippen molar-refractivity contribution in [2.45, 2.75) is 25.7 Å². The summed E-state index contributed by atoms with van der Waals surface area (Å²) in [6, 6.07) is 0. The van der Waals surface area contributed by atoms with E-state index in [-0.39, 0.29) is 10.0 Å².